The Hall–Kier alpha value is -3.87. The second-order valence-corrected chi connectivity index (χ2v) is 7.05. The smallest absolute Gasteiger partial charge is 0.224 e. The molecule has 0 radical (unpaired) electrons. The van der Waals surface area contributed by atoms with Crippen LogP contribution in [0.4, 0.5) is 11.8 Å². The fourth-order valence-electron chi connectivity index (χ4n) is 3.42. The molecule has 7 nitrogen and oxygen atoms in total. The number of nitrogens with one attached hydrogen (secondary N) is 4. The summed E-state index contributed by atoms with van der Waals surface area (Å²) < 4.78 is 0. The monoisotopic (exact) mass is 383 g/mol. The number of nitrogens with zero attached hydrogens (tertiary/aromatic N) is 3. The maximum atomic E-state index is 4.56. The first kappa shape index (κ1) is 17.2. The number of hydrogen-bond acceptors (Lipinski definition) is 5. The average Bonchev–Trinajstić information content (AvgIpc) is 3.35. The van der Waals surface area contributed by atoms with E-state index in [1.807, 2.05) is 25.3 Å². The van der Waals surface area contributed by atoms with Crippen LogP contribution in [0.3, 0.4) is 0 Å². The van der Waals surface area contributed by atoms with Crippen molar-refractivity contribution in [2.45, 2.75) is 20.0 Å². The highest BCUT2D eigenvalue weighted by atomic mass is 15.1. The van der Waals surface area contributed by atoms with Crippen LogP contribution in [-0.4, -0.2) is 24.9 Å². The first-order valence-electron chi connectivity index (χ1n) is 9.55. The number of rotatable bonds is 6. The van der Waals surface area contributed by atoms with E-state index in [0.29, 0.717) is 19.0 Å². The lowest BCUT2D eigenvalue weighted by Gasteiger charge is -2.09. The van der Waals surface area contributed by atoms with E-state index in [4.69, 9.17) is 0 Å². The molecule has 0 aliphatic heterocycles. The Morgan fingerprint density at radius 2 is 1.72 bits per heavy atom. The molecule has 0 saturated heterocycles. The minimum Gasteiger partial charge on any atom is -0.366 e. The van der Waals surface area contributed by atoms with Crippen LogP contribution in [0.25, 0.3) is 21.9 Å². The van der Waals surface area contributed by atoms with Crippen LogP contribution in [-0.2, 0) is 13.1 Å². The highest BCUT2D eigenvalue weighted by molar-refractivity contribution is 5.80. The summed E-state index contributed by atoms with van der Waals surface area (Å²) in [6.07, 6.45) is 3.71. The summed E-state index contributed by atoms with van der Waals surface area (Å²) in [6, 6.07) is 16.5. The van der Waals surface area contributed by atoms with E-state index >= 15 is 0 Å². The van der Waals surface area contributed by atoms with Gasteiger partial charge in [0, 0.05) is 31.0 Å². The predicted molar refractivity (Wildman–Crippen MR) is 116 cm³/mol. The molecule has 5 aromatic rings. The Kier molecular flexibility index (Phi) is 4.32. The summed E-state index contributed by atoms with van der Waals surface area (Å²) in [5, 5.41) is 7.86. The minimum absolute atomic E-state index is 0.601. The average molecular weight is 383 g/mol. The molecule has 5 rings (SSSR count). The summed E-state index contributed by atoms with van der Waals surface area (Å²) >= 11 is 0. The second-order valence-electron chi connectivity index (χ2n) is 7.05. The molecule has 0 fully saturated rings. The first-order valence-corrected chi connectivity index (χ1v) is 9.55. The van der Waals surface area contributed by atoms with Crippen molar-refractivity contribution in [2.75, 3.05) is 10.6 Å². The highest BCUT2D eigenvalue weighted by Crippen LogP contribution is 2.17. The van der Waals surface area contributed by atoms with E-state index in [0.717, 1.165) is 33.8 Å². The summed E-state index contributed by atoms with van der Waals surface area (Å²) in [7, 11) is 0. The van der Waals surface area contributed by atoms with Crippen molar-refractivity contribution in [3.63, 3.8) is 0 Å². The Morgan fingerprint density at radius 1 is 0.862 bits per heavy atom. The molecule has 144 valence electrons. The number of aromatic amines is 2. The van der Waals surface area contributed by atoms with Gasteiger partial charge in [0.15, 0.2) is 0 Å². The summed E-state index contributed by atoms with van der Waals surface area (Å²) in [4.78, 5) is 19.8. The van der Waals surface area contributed by atoms with Crippen LogP contribution in [0.15, 0.2) is 60.9 Å². The van der Waals surface area contributed by atoms with Crippen molar-refractivity contribution in [1.82, 2.24) is 24.9 Å². The molecule has 0 amide bonds. The van der Waals surface area contributed by atoms with Gasteiger partial charge in [-0.3, -0.25) is 0 Å². The molecule has 4 N–H and O–H groups in total. The van der Waals surface area contributed by atoms with Gasteiger partial charge in [-0.25, -0.2) is 9.97 Å². The van der Waals surface area contributed by atoms with E-state index < -0.39 is 0 Å². The van der Waals surface area contributed by atoms with Crippen molar-refractivity contribution in [3.05, 3.63) is 77.9 Å². The molecule has 3 heterocycles. The van der Waals surface area contributed by atoms with Crippen molar-refractivity contribution in [2.24, 2.45) is 0 Å². The van der Waals surface area contributed by atoms with E-state index in [9.17, 15) is 0 Å². The number of hydrogen-bond donors (Lipinski definition) is 4. The molecule has 0 aliphatic rings. The first-order chi connectivity index (χ1) is 14.2. The van der Waals surface area contributed by atoms with Gasteiger partial charge in [-0.15, -0.1) is 0 Å². The van der Waals surface area contributed by atoms with Gasteiger partial charge in [0.05, 0.1) is 11.0 Å². The molecular formula is C22H21N7. The predicted octanol–water partition coefficient (Wildman–Crippen LogP) is 4.37. The Labute approximate surface area is 167 Å². The third-order valence-corrected chi connectivity index (χ3v) is 4.86. The molecule has 0 unspecified atom stereocenters. The zero-order valence-corrected chi connectivity index (χ0v) is 16.0. The standard InChI is InChI=1S/C22H21N7/c1-14-27-19-5-3-16(11-20(19)28-14)12-25-21-7-9-24-22(29-21)26-13-15-2-4-18-17(10-15)6-8-23-18/h2-11,23H,12-13H2,1H3,(H,27,28)(H2,24,25,26,29). The highest BCUT2D eigenvalue weighted by Gasteiger charge is 2.04. The topological polar surface area (TPSA) is 94.3 Å². The normalized spacial score (nSPS) is 11.2. The molecule has 29 heavy (non-hydrogen) atoms. The summed E-state index contributed by atoms with van der Waals surface area (Å²) in [6.45, 7) is 3.30. The van der Waals surface area contributed by atoms with E-state index in [1.54, 1.807) is 6.20 Å². The molecule has 0 bridgehead atoms. The maximum Gasteiger partial charge on any atom is 0.224 e. The van der Waals surface area contributed by atoms with E-state index in [2.05, 4.69) is 72.0 Å². The second kappa shape index (κ2) is 7.27. The fraction of sp³-hybridized carbons (Fsp3) is 0.136. The van der Waals surface area contributed by atoms with Crippen LogP contribution >= 0.6 is 0 Å². The van der Waals surface area contributed by atoms with Gasteiger partial charge in [0.25, 0.3) is 0 Å². The summed E-state index contributed by atoms with van der Waals surface area (Å²) in [5.74, 6) is 2.31. The number of H-pyrrole nitrogens is 2. The van der Waals surface area contributed by atoms with Crippen molar-refractivity contribution >= 4 is 33.7 Å². The van der Waals surface area contributed by atoms with Crippen molar-refractivity contribution in [1.29, 1.82) is 0 Å². The van der Waals surface area contributed by atoms with Gasteiger partial charge >= 0.3 is 0 Å². The van der Waals surface area contributed by atoms with Gasteiger partial charge in [0.2, 0.25) is 5.95 Å². The lowest BCUT2D eigenvalue weighted by Crippen LogP contribution is -2.06. The lowest BCUT2D eigenvalue weighted by molar-refractivity contribution is 1.04. The number of aryl methyl sites for hydroxylation is 1. The maximum absolute atomic E-state index is 4.56. The van der Waals surface area contributed by atoms with Gasteiger partial charge in [-0.1, -0.05) is 12.1 Å². The SMILES string of the molecule is Cc1nc2ccc(CNc3ccnc(NCc4ccc5[nH]ccc5c4)n3)cc2[nH]1. The van der Waals surface area contributed by atoms with Crippen LogP contribution in [0.2, 0.25) is 0 Å². The van der Waals surface area contributed by atoms with Crippen LogP contribution in [0.5, 0.6) is 0 Å². The van der Waals surface area contributed by atoms with Crippen LogP contribution in [0.1, 0.15) is 17.0 Å². The minimum atomic E-state index is 0.601. The van der Waals surface area contributed by atoms with Gasteiger partial charge in [-0.05, 0) is 59.8 Å². The molecule has 7 heteroatoms. The van der Waals surface area contributed by atoms with Gasteiger partial charge < -0.3 is 20.6 Å². The molecule has 0 aliphatic carbocycles. The quantitative estimate of drug-likeness (QED) is 0.349. The van der Waals surface area contributed by atoms with Gasteiger partial charge in [-0.2, -0.15) is 4.98 Å². The third-order valence-electron chi connectivity index (χ3n) is 4.86. The zero-order chi connectivity index (χ0) is 19.6. The largest absolute Gasteiger partial charge is 0.366 e. The Morgan fingerprint density at radius 3 is 2.69 bits per heavy atom. The fourth-order valence-corrected chi connectivity index (χ4v) is 3.42. The van der Waals surface area contributed by atoms with Crippen LogP contribution < -0.4 is 10.6 Å². The molecule has 0 atom stereocenters. The number of aromatic nitrogens is 5. The number of benzene rings is 2. The molecule has 0 saturated carbocycles. The number of imidazole rings is 1. The van der Waals surface area contributed by atoms with Crippen LogP contribution in [0, 0.1) is 6.92 Å². The molecule has 2 aromatic carbocycles. The van der Waals surface area contributed by atoms with E-state index in [1.165, 1.54) is 10.9 Å². The summed E-state index contributed by atoms with van der Waals surface area (Å²) in [5.41, 5.74) is 5.51. The number of anilines is 2. The third kappa shape index (κ3) is 3.75. The zero-order valence-electron chi connectivity index (χ0n) is 16.0. The van der Waals surface area contributed by atoms with Gasteiger partial charge in [0.1, 0.15) is 11.6 Å². The number of fused-ring (bicyclic) bond motifs is 2. The van der Waals surface area contributed by atoms with E-state index in [-0.39, 0.29) is 0 Å². The Bertz CT molecular complexity index is 1280. The Balaban J connectivity index is 1.23. The van der Waals surface area contributed by atoms with Crippen molar-refractivity contribution < 1.29 is 0 Å². The molecule has 3 aromatic heterocycles. The molecule has 0 spiro atoms. The molecular weight excluding hydrogens is 362 g/mol. The van der Waals surface area contributed by atoms with Crippen molar-refractivity contribution in [3.8, 4) is 0 Å². The lowest BCUT2D eigenvalue weighted by atomic mass is 10.1.